The topological polar surface area (TPSA) is 89.7 Å². The minimum Gasteiger partial charge on any atom is -0.384 e. The average Bonchev–Trinajstić information content (AvgIpc) is 2.86. The summed E-state index contributed by atoms with van der Waals surface area (Å²) in [7, 11) is 1.66. The third-order valence-electron chi connectivity index (χ3n) is 2.03. The van der Waals surface area contributed by atoms with E-state index in [4.69, 9.17) is 10.5 Å². The molecule has 2 heterocycles. The van der Waals surface area contributed by atoms with Crippen molar-refractivity contribution in [1.82, 2.24) is 20.2 Å². The van der Waals surface area contributed by atoms with Crippen LogP contribution in [0.3, 0.4) is 0 Å². The van der Waals surface area contributed by atoms with Gasteiger partial charge >= 0.3 is 0 Å². The summed E-state index contributed by atoms with van der Waals surface area (Å²) in [6.45, 7) is 0.626. The predicted octanol–water partition coefficient (Wildman–Crippen LogP) is 0.623. The molecule has 0 radical (unpaired) electrons. The number of nitrogens with two attached hydrogens (primary N) is 1. The number of hydrogen-bond donors (Lipinski definition) is 2. The van der Waals surface area contributed by atoms with Gasteiger partial charge in [-0.1, -0.05) is 0 Å². The molecular formula is C9H13N5OS. The maximum Gasteiger partial charge on any atom is 0.180 e. The zero-order chi connectivity index (χ0) is 11.4. The first-order valence-electron chi connectivity index (χ1n) is 4.87. The van der Waals surface area contributed by atoms with E-state index in [1.165, 1.54) is 11.3 Å². The van der Waals surface area contributed by atoms with Gasteiger partial charge in [-0.05, 0) is 0 Å². The number of thiazole rings is 1. The van der Waals surface area contributed by atoms with E-state index in [2.05, 4.69) is 20.2 Å². The lowest BCUT2D eigenvalue weighted by molar-refractivity contribution is 0.200. The minimum absolute atomic E-state index is 0.578. The van der Waals surface area contributed by atoms with Crippen molar-refractivity contribution in [3.63, 3.8) is 0 Å². The summed E-state index contributed by atoms with van der Waals surface area (Å²) in [5.74, 6) is 1.57. The fourth-order valence-electron chi connectivity index (χ4n) is 1.29. The molecule has 2 aromatic rings. The van der Waals surface area contributed by atoms with Crippen LogP contribution in [0, 0.1) is 0 Å². The molecule has 0 aliphatic rings. The van der Waals surface area contributed by atoms with E-state index < -0.39 is 0 Å². The summed E-state index contributed by atoms with van der Waals surface area (Å²) in [4.78, 5) is 8.49. The van der Waals surface area contributed by atoms with Crippen molar-refractivity contribution in [1.29, 1.82) is 0 Å². The van der Waals surface area contributed by atoms with Crippen LogP contribution in [-0.2, 0) is 17.6 Å². The molecule has 3 N–H and O–H groups in total. The number of nitrogen functional groups attached to an aromatic ring is 1. The molecule has 2 rings (SSSR count). The Kier molecular flexibility index (Phi) is 3.47. The Morgan fingerprint density at radius 3 is 3.06 bits per heavy atom. The van der Waals surface area contributed by atoms with Gasteiger partial charge in [-0.3, -0.25) is 5.10 Å². The van der Waals surface area contributed by atoms with Crippen LogP contribution in [0.1, 0.15) is 17.3 Å². The highest BCUT2D eigenvalue weighted by molar-refractivity contribution is 7.13. The average molecular weight is 239 g/mol. The summed E-state index contributed by atoms with van der Waals surface area (Å²) < 4.78 is 4.96. The van der Waals surface area contributed by atoms with E-state index in [1.54, 1.807) is 7.11 Å². The summed E-state index contributed by atoms with van der Waals surface area (Å²) in [6, 6.07) is 0. The van der Waals surface area contributed by atoms with Gasteiger partial charge in [-0.15, -0.1) is 11.3 Å². The highest BCUT2D eigenvalue weighted by Crippen LogP contribution is 2.13. The van der Waals surface area contributed by atoms with E-state index in [0.717, 1.165) is 17.3 Å². The molecule has 0 spiro atoms. The van der Waals surface area contributed by atoms with Crippen molar-refractivity contribution >= 4 is 16.5 Å². The number of nitrogens with one attached hydrogen (secondary N) is 1. The van der Waals surface area contributed by atoms with Crippen molar-refractivity contribution in [2.45, 2.75) is 12.8 Å². The Bertz CT molecular complexity index is 452. The van der Waals surface area contributed by atoms with Crippen LogP contribution in [0.5, 0.6) is 0 Å². The largest absolute Gasteiger partial charge is 0.384 e. The highest BCUT2D eigenvalue weighted by atomic mass is 32.1. The molecule has 0 aliphatic heterocycles. The first-order chi connectivity index (χ1) is 7.78. The quantitative estimate of drug-likeness (QED) is 0.798. The van der Waals surface area contributed by atoms with Gasteiger partial charge in [0.1, 0.15) is 5.82 Å². The lowest BCUT2D eigenvalue weighted by Crippen LogP contribution is -1.97. The zero-order valence-electron chi connectivity index (χ0n) is 8.93. The maximum absolute atomic E-state index is 5.55. The Labute approximate surface area is 96.9 Å². The van der Waals surface area contributed by atoms with E-state index in [1.807, 2.05) is 5.38 Å². The number of nitrogens with zero attached hydrogens (tertiary/aromatic N) is 3. The third kappa shape index (κ3) is 2.77. The molecule has 0 fully saturated rings. The van der Waals surface area contributed by atoms with Crippen molar-refractivity contribution in [3.8, 4) is 0 Å². The van der Waals surface area contributed by atoms with Gasteiger partial charge in [0.2, 0.25) is 0 Å². The predicted molar refractivity (Wildman–Crippen MR) is 61.3 cm³/mol. The fraction of sp³-hybridized carbons (Fsp3) is 0.444. The SMILES string of the molecule is COCCc1n[nH]c(Cc2csc(N)n2)n1. The molecule has 6 nitrogen and oxygen atoms in total. The number of anilines is 1. The van der Waals surface area contributed by atoms with Gasteiger partial charge < -0.3 is 10.5 Å². The van der Waals surface area contributed by atoms with E-state index in [0.29, 0.717) is 24.6 Å². The Morgan fingerprint density at radius 1 is 1.50 bits per heavy atom. The first-order valence-corrected chi connectivity index (χ1v) is 5.75. The van der Waals surface area contributed by atoms with Crippen LogP contribution >= 0.6 is 11.3 Å². The number of aromatic nitrogens is 4. The van der Waals surface area contributed by atoms with Gasteiger partial charge in [0.25, 0.3) is 0 Å². The summed E-state index contributed by atoms with van der Waals surface area (Å²) in [5, 5.41) is 9.47. The van der Waals surface area contributed by atoms with Gasteiger partial charge in [-0.2, -0.15) is 5.10 Å². The Morgan fingerprint density at radius 2 is 2.38 bits per heavy atom. The van der Waals surface area contributed by atoms with Gasteiger partial charge in [0, 0.05) is 18.9 Å². The second kappa shape index (κ2) is 5.04. The molecule has 86 valence electrons. The number of ether oxygens (including phenoxy) is 1. The lowest BCUT2D eigenvalue weighted by Gasteiger charge is -1.92. The molecule has 0 bridgehead atoms. The maximum atomic E-state index is 5.55. The highest BCUT2D eigenvalue weighted by Gasteiger charge is 2.06. The number of H-pyrrole nitrogens is 1. The lowest BCUT2D eigenvalue weighted by atomic mass is 10.3. The monoisotopic (exact) mass is 239 g/mol. The molecule has 0 aromatic carbocycles. The van der Waals surface area contributed by atoms with Crippen LogP contribution in [-0.4, -0.2) is 33.9 Å². The molecule has 2 aromatic heterocycles. The molecule has 0 amide bonds. The number of hydrogen-bond acceptors (Lipinski definition) is 6. The smallest absolute Gasteiger partial charge is 0.180 e. The van der Waals surface area contributed by atoms with Crippen molar-refractivity contribution in [3.05, 3.63) is 22.7 Å². The van der Waals surface area contributed by atoms with Crippen molar-refractivity contribution in [2.75, 3.05) is 19.5 Å². The molecule has 0 aliphatic carbocycles. The van der Waals surface area contributed by atoms with Gasteiger partial charge in [0.05, 0.1) is 18.7 Å². The van der Waals surface area contributed by atoms with Crippen LogP contribution in [0.4, 0.5) is 5.13 Å². The number of rotatable bonds is 5. The standard InChI is InChI=1S/C9H13N5OS/c1-15-3-2-7-12-8(14-13-7)4-6-5-16-9(10)11-6/h5H,2-4H2,1H3,(H2,10,11)(H,12,13,14). The van der Waals surface area contributed by atoms with Crippen LogP contribution in [0.25, 0.3) is 0 Å². The molecule has 0 saturated heterocycles. The molecular weight excluding hydrogens is 226 g/mol. The Hall–Kier alpha value is -1.47. The fourth-order valence-corrected chi connectivity index (χ4v) is 1.86. The van der Waals surface area contributed by atoms with E-state index in [-0.39, 0.29) is 0 Å². The van der Waals surface area contributed by atoms with E-state index >= 15 is 0 Å². The molecule has 0 saturated carbocycles. The summed E-state index contributed by atoms with van der Waals surface area (Å²) >= 11 is 1.43. The third-order valence-corrected chi connectivity index (χ3v) is 2.75. The van der Waals surface area contributed by atoms with Gasteiger partial charge in [-0.25, -0.2) is 9.97 Å². The zero-order valence-corrected chi connectivity index (χ0v) is 9.75. The number of aromatic amines is 1. The molecule has 16 heavy (non-hydrogen) atoms. The first kappa shape index (κ1) is 11.0. The van der Waals surface area contributed by atoms with Gasteiger partial charge in [0.15, 0.2) is 11.0 Å². The van der Waals surface area contributed by atoms with Crippen molar-refractivity contribution < 1.29 is 4.74 Å². The second-order valence-corrected chi connectivity index (χ2v) is 4.18. The number of methoxy groups -OCH3 is 1. The summed E-state index contributed by atoms with van der Waals surface area (Å²) in [6.07, 6.45) is 1.35. The van der Waals surface area contributed by atoms with Crippen LogP contribution in [0.15, 0.2) is 5.38 Å². The minimum atomic E-state index is 0.578. The van der Waals surface area contributed by atoms with E-state index in [9.17, 15) is 0 Å². The van der Waals surface area contributed by atoms with Crippen molar-refractivity contribution in [2.24, 2.45) is 0 Å². The Balaban J connectivity index is 1.97. The normalized spacial score (nSPS) is 10.8. The second-order valence-electron chi connectivity index (χ2n) is 3.29. The van der Waals surface area contributed by atoms with Crippen LogP contribution in [0.2, 0.25) is 0 Å². The summed E-state index contributed by atoms with van der Waals surface area (Å²) in [5.41, 5.74) is 6.46. The van der Waals surface area contributed by atoms with Crippen LogP contribution < -0.4 is 5.73 Å². The molecule has 0 unspecified atom stereocenters. The molecule has 7 heteroatoms. The molecule has 0 atom stereocenters.